The van der Waals surface area contributed by atoms with Crippen LogP contribution in [0, 0.1) is 0 Å². The van der Waals surface area contributed by atoms with Crippen molar-refractivity contribution in [2.75, 3.05) is 11.6 Å². The Bertz CT molecular complexity index is 987. The number of aromatic nitrogens is 2. The molecule has 162 valence electrons. The maximum Gasteiger partial charge on any atom is 0.417 e. The fourth-order valence-corrected chi connectivity index (χ4v) is 3.81. The summed E-state index contributed by atoms with van der Waals surface area (Å²) in [5, 5.41) is 4.99. The Balaban J connectivity index is 1.90. The van der Waals surface area contributed by atoms with Gasteiger partial charge in [0.25, 0.3) is 5.91 Å². The predicted molar refractivity (Wildman–Crippen MR) is 107 cm³/mol. The summed E-state index contributed by atoms with van der Waals surface area (Å²) in [4.78, 5) is 14.4. The van der Waals surface area contributed by atoms with Gasteiger partial charge in [-0.3, -0.25) is 9.80 Å². The second kappa shape index (κ2) is 8.19. The number of carbonyl (C=O) groups is 1. The summed E-state index contributed by atoms with van der Waals surface area (Å²) in [5.74, 6) is 6.27. The first-order valence-electron chi connectivity index (χ1n) is 9.29. The highest BCUT2D eigenvalue weighted by Crippen LogP contribution is 2.37. The van der Waals surface area contributed by atoms with Crippen LogP contribution < -0.4 is 16.6 Å². The van der Waals surface area contributed by atoms with Gasteiger partial charge in [-0.1, -0.05) is 17.7 Å². The first-order valence-corrected chi connectivity index (χ1v) is 9.67. The molecule has 1 amide bonds. The van der Waals surface area contributed by atoms with Gasteiger partial charge in [-0.15, -0.1) is 0 Å². The molecule has 1 atom stereocenters. The molecule has 11 heteroatoms. The molecule has 2 heterocycles. The van der Waals surface area contributed by atoms with Crippen molar-refractivity contribution in [3.8, 4) is 0 Å². The third-order valence-electron chi connectivity index (χ3n) is 5.17. The number of nitrogens with two attached hydrogens (primary N) is 2. The molecule has 1 aliphatic rings. The molecule has 30 heavy (non-hydrogen) atoms. The minimum Gasteiger partial charge on any atom is -0.399 e. The van der Waals surface area contributed by atoms with E-state index in [1.54, 1.807) is 23.9 Å². The lowest BCUT2D eigenvalue weighted by atomic mass is 10.0. The van der Waals surface area contributed by atoms with Crippen LogP contribution in [0.3, 0.4) is 0 Å². The average Bonchev–Trinajstić information content (AvgIpc) is 3.17. The number of halogens is 4. The monoisotopic (exact) mass is 442 g/mol. The van der Waals surface area contributed by atoms with Crippen molar-refractivity contribution >= 4 is 23.3 Å². The van der Waals surface area contributed by atoms with E-state index in [1.165, 1.54) is 16.0 Å². The van der Waals surface area contributed by atoms with E-state index < -0.39 is 28.7 Å². The summed E-state index contributed by atoms with van der Waals surface area (Å²) in [6.07, 6.45) is -2.72. The zero-order valence-electron chi connectivity index (χ0n) is 16.4. The van der Waals surface area contributed by atoms with Crippen molar-refractivity contribution < 1.29 is 18.0 Å². The SMILES string of the molecule is CCn1nccc1N(N)C1=C(N)C(C)N(C(=O)c2cccc(C(F)(F)F)c2Cl)CC1. The predicted octanol–water partition coefficient (Wildman–Crippen LogP) is 3.36. The number of amides is 1. The Morgan fingerprint density at radius 2 is 2.07 bits per heavy atom. The maximum absolute atomic E-state index is 13.1. The van der Waals surface area contributed by atoms with Crippen LogP contribution in [-0.4, -0.2) is 33.2 Å². The highest BCUT2D eigenvalue weighted by atomic mass is 35.5. The molecule has 0 saturated carbocycles. The number of anilines is 1. The Morgan fingerprint density at radius 1 is 1.37 bits per heavy atom. The number of alkyl halides is 3. The van der Waals surface area contributed by atoms with Crippen LogP contribution in [0.2, 0.25) is 5.02 Å². The van der Waals surface area contributed by atoms with Gasteiger partial charge >= 0.3 is 6.18 Å². The minimum absolute atomic E-state index is 0.219. The molecule has 0 saturated heterocycles. The zero-order valence-corrected chi connectivity index (χ0v) is 17.2. The van der Waals surface area contributed by atoms with Crippen LogP contribution in [0.1, 0.15) is 36.2 Å². The lowest BCUT2D eigenvalue weighted by Crippen LogP contribution is -2.49. The number of nitrogens with zero attached hydrogens (tertiary/aromatic N) is 4. The quantitative estimate of drug-likeness (QED) is 0.559. The summed E-state index contributed by atoms with van der Waals surface area (Å²) in [5.41, 5.74) is 5.99. The van der Waals surface area contributed by atoms with Gasteiger partial charge in [0.15, 0.2) is 0 Å². The number of aryl methyl sites for hydroxylation is 1. The average molecular weight is 443 g/mol. The molecule has 0 spiro atoms. The second-order valence-corrected chi connectivity index (χ2v) is 7.24. The van der Waals surface area contributed by atoms with Crippen LogP contribution in [0.5, 0.6) is 0 Å². The Hall–Kier alpha value is -2.72. The van der Waals surface area contributed by atoms with Crippen molar-refractivity contribution in [2.45, 2.75) is 39.0 Å². The van der Waals surface area contributed by atoms with E-state index in [-0.39, 0.29) is 12.1 Å². The molecule has 0 aliphatic carbocycles. The molecule has 3 rings (SSSR count). The smallest absolute Gasteiger partial charge is 0.399 e. The van der Waals surface area contributed by atoms with Crippen LogP contribution in [0.25, 0.3) is 0 Å². The molecule has 1 aromatic heterocycles. The fourth-order valence-electron chi connectivity index (χ4n) is 3.49. The number of carbonyl (C=O) groups excluding carboxylic acids is 1. The van der Waals surface area contributed by atoms with Crippen molar-refractivity contribution in [2.24, 2.45) is 11.6 Å². The number of rotatable bonds is 4. The summed E-state index contributed by atoms with van der Waals surface area (Å²) >= 11 is 5.92. The molecule has 7 nitrogen and oxygen atoms in total. The number of hydrogen-bond donors (Lipinski definition) is 2. The van der Waals surface area contributed by atoms with E-state index in [1.807, 2.05) is 6.92 Å². The summed E-state index contributed by atoms with van der Waals surface area (Å²) in [6.45, 7) is 4.44. The first kappa shape index (κ1) is 22.0. The van der Waals surface area contributed by atoms with Gasteiger partial charge in [-0.2, -0.15) is 18.3 Å². The molecule has 1 aliphatic heterocycles. The van der Waals surface area contributed by atoms with Crippen molar-refractivity contribution in [1.82, 2.24) is 14.7 Å². The molecule has 0 radical (unpaired) electrons. The second-order valence-electron chi connectivity index (χ2n) is 6.87. The molecule has 0 fully saturated rings. The summed E-state index contributed by atoms with van der Waals surface area (Å²) in [7, 11) is 0. The van der Waals surface area contributed by atoms with E-state index in [0.717, 1.165) is 12.1 Å². The van der Waals surface area contributed by atoms with Crippen LogP contribution in [-0.2, 0) is 12.7 Å². The molecule has 2 aromatic rings. The molecule has 1 unspecified atom stereocenters. The minimum atomic E-state index is -4.66. The van der Waals surface area contributed by atoms with Crippen LogP contribution in [0.4, 0.5) is 19.0 Å². The van der Waals surface area contributed by atoms with Gasteiger partial charge in [0.05, 0.1) is 39.8 Å². The van der Waals surface area contributed by atoms with E-state index in [4.69, 9.17) is 23.2 Å². The lowest BCUT2D eigenvalue weighted by Gasteiger charge is -2.38. The van der Waals surface area contributed by atoms with Gasteiger partial charge in [0, 0.05) is 25.6 Å². The Kier molecular flexibility index (Phi) is 6.00. The summed E-state index contributed by atoms with van der Waals surface area (Å²) < 4.78 is 41.1. The zero-order chi connectivity index (χ0) is 22.2. The van der Waals surface area contributed by atoms with Gasteiger partial charge in [-0.25, -0.2) is 10.5 Å². The third-order valence-corrected chi connectivity index (χ3v) is 5.57. The maximum atomic E-state index is 13.1. The standard InChI is InChI=1S/C19H22ClF3N6O/c1-3-28-15(7-9-26-28)29(25)14-8-10-27(11(2)17(14)24)18(30)12-5-4-6-13(16(12)20)19(21,22)23/h4-7,9,11H,3,8,10,24-25H2,1-2H3. The van der Waals surface area contributed by atoms with Gasteiger partial charge in [0.1, 0.15) is 5.82 Å². The normalized spacial score (nSPS) is 17.4. The summed E-state index contributed by atoms with van der Waals surface area (Å²) in [6, 6.07) is 4.44. The van der Waals surface area contributed by atoms with Gasteiger partial charge in [-0.05, 0) is 26.0 Å². The lowest BCUT2D eigenvalue weighted by molar-refractivity contribution is -0.137. The first-order chi connectivity index (χ1) is 14.1. The van der Waals surface area contributed by atoms with E-state index in [2.05, 4.69) is 5.10 Å². The molecular formula is C19H22ClF3N6O. The highest BCUT2D eigenvalue weighted by Gasteiger charge is 2.37. The van der Waals surface area contributed by atoms with Crippen LogP contribution in [0.15, 0.2) is 41.9 Å². The number of hydrazine groups is 1. The van der Waals surface area contributed by atoms with Gasteiger partial charge < -0.3 is 10.6 Å². The topological polar surface area (TPSA) is 93.4 Å². The third kappa shape index (κ3) is 3.84. The molecule has 4 N–H and O–H groups in total. The molecule has 1 aromatic carbocycles. The number of benzene rings is 1. The van der Waals surface area contributed by atoms with Crippen molar-refractivity contribution in [3.05, 3.63) is 58.0 Å². The number of hydrogen-bond acceptors (Lipinski definition) is 5. The van der Waals surface area contributed by atoms with E-state index in [0.29, 0.717) is 30.2 Å². The van der Waals surface area contributed by atoms with E-state index in [9.17, 15) is 18.0 Å². The van der Waals surface area contributed by atoms with E-state index >= 15 is 0 Å². The highest BCUT2D eigenvalue weighted by molar-refractivity contribution is 6.34. The fraction of sp³-hybridized carbons (Fsp3) is 0.368. The van der Waals surface area contributed by atoms with Gasteiger partial charge in [0.2, 0.25) is 0 Å². The van der Waals surface area contributed by atoms with Crippen LogP contribution >= 0.6 is 11.6 Å². The van der Waals surface area contributed by atoms with Crippen molar-refractivity contribution in [1.29, 1.82) is 0 Å². The largest absolute Gasteiger partial charge is 0.417 e. The Morgan fingerprint density at radius 3 is 2.70 bits per heavy atom. The van der Waals surface area contributed by atoms with Crippen molar-refractivity contribution in [3.63, 3.8) is 0 Å². The molecular weight excluding hydrogens is 421 g/mol. The Labute approximate surface area is 176 Å². The molecule has 0 bridgehead atoms.